The van der Waals surface area contributed by atoms with E-state index in [0.29, 0.717) is 36.3 Å². The first-order valence-electron chi connectivity index (χ1n) is 11.5. The van der Waals surface area contributed by atoms with Crippen LogP contribution in [0, 0.1) is 0 Å². The third kappa shape index (κ3) is 6.36. The number of ether oxygens (including phenoxy) is 1. The van der Waals surface area contributed by atoms with Crippen molar-refractivity contribution in [1.29, 1.82) is 0 Å². The lowest BCUT2D eigenvalue weighted by atomic mass is 9.86. The molecule has 3 atom stereocenters. The van der Waals surface area contributed by atoms with Crippen molar-refractivity contribution in [2.45, 2.75) is 31.3 Å². The second-order valence-corrected chi connectivity index (χ2v) is 9.50. The summed E-state index contributed by atoms with van der Waals surface area (Å²) in [7, 11) is 0. The number of nitrogens with one attached hydrogen (secondary N) is 1. The number of hydrogen-bond acceptors (Lipinski definition) is 4. The van der Waals surface area contributed by atoms with Crippen molar-refractivity contribution in [3.63, 3.8) is 0 Å². The summed E-state index contributed by atoms with van der Waals surface area (Å²) < 4.78 is 5.52. The smallest absolute Gasteiger partial charge is 0.242 e. The van der Waals surface area contributed by atoms with Crippen molar-refractivity contribution in [3.8, 4) is 0 Å². The molecule has 5 nitrogen and oxygen atoms in total. The standard InChI is InChI=1S/C27H29Cl2N3O2/c1-19(25(21-6-10-24(29)11-7-21)17-20-4-8-23(28)9-5-20)31-27(33)26(22-3-2-12-30-18-22)32-13-15-34-16-14-32/h2-12,18-19,25-26H,13-17H2,1H3,(H,31,33). The highest BCUT2D eigenvalue weighted by Gasteiger charge is 2.31. The molecule has 1 N–H and O–H groups in total. The number of pyridine rings is 1. The second kappa shape index (κ2) is 11.8. The molecule has 1 aromatic heterocycles. The molecule has 7 heteroatoms. The molecule has 178 valence electrons. The van der Waals surface area contributed by atoms with Gasteiger partial charge in [0.05, 0.1) is 13.2 Å². The maximum absolute atomic E-state index is 13.7. The highest BCUT2D eigenvalue weighted by atomic mass is 35.5. The molecule has 1 saturated heterocycles. The number of carbonyl (C=O) groups is 1. The summed E-state index contributed by atoms with van der Waals surface area (Å²) in [4.78, 5) is 20.1. The third-order valence-electron chi connectivity index (χ3n) is 6.30. The van der Waals surface area contributed by atoms with E-state index in [1.165, 1.54) is 0 Å². The topological polar surface area (TPSA) is 54.5 Å². The number of halogens is 2. The summed E-state index contributed by atoms with van der Waals surface area (Å²) in [6.45, 7) is 4.69. The van der Waals surface area contributed by atoms with E-state index < -0.39 is 6.04 Å². The zero-order valence-electron chi connectivity index (χ0n) is 19.2. The Hall–Kier alpha value is -2.44. The Bertz CT molecular complexity index is 1060. The van der Waals surface area contributed by atoms with Gasteiger partial charge in [-0.1, -0.05) is 53.5 Å². The van der Waals surface area contributed by atoms with Crippen molar-refractivity contribution in [2.24, 2.45) is 0 Å². The Morgan fingerprint density at radius 1 is 1.00 bits per heavy atom. The molecule has 0 saturated carbocycles. The fourth-order valence-corrected chi connectivity index (χ4v) is 4.72. The first kappa shape index (κ1) is 24.7. The molecule has 2 aromatic carbocycles. The van der Waals surface area contributed by atoms with Crippen molar-refractivity contribution >= 4 is 29.1 Å². The fraction of sp³-hybridized carbons (Fsp3) is 0.333. The number of morpholine rings is 1. The Morgan fingerprint density at radius 3 is 2.26 bits per heavy atom. The van der Waals surface area contributed by atoms with E-state index in [2.05, 4.69) is 22.1 Å². The van der Waals surface area contributed by atoms with Gasteiger partial charge in [0.25, 0.3) is 0 Å². The number of aromatic nitrogens is 1. The predicted molar refractivity (Wildman–Crippen MR) is 136 cm³/mol. The fourth-order valence-electron chi connectivity index (χ4n) is 4.47. The zero-order chi connectivity index (χ0) is 23.9. The molecule has 0 aliphatic carbocycles. The summed E-state index contributed by atoms with van der Waals surface area (Å²) in [6, 6.07) is 19.0. The number of amides is 1. The maximum Gasteiger partial charge on any atom is 0.242 e. The Balaban J connectivity index is 1.58. The van der Waals surface area contributed by atoms with Crippen molar-refractivity contribution in [1.82, 2.24) is 15.2 Å². The monoisotopic (exact) mass is 497 g/mol. The molecule has 3 unspecified atom stereocenters. The minimum atomic E-state index is -0.415. The summed E-state index contributed by atoms with van der Waals surface area (Å²) in [5.41, 5.74) is 3.16. The quantitative estimate of drug-likeness (QED) is 0.459. The number of nitrogens with zero attached hydrogens (tertiary/aromatic N) is 2. The van der Waals surface area contributed by atoms with Crippen LogP contribution in [0.4, 0.5) is 0 Å². The van der Waals surface area contributed by atoms with E-state index in [9.17, 15) is 4.79 Å². The molecule has 0 bridgehead atoms. The number of benzene rings is 2. The van der Waals surface area contributed by atoms with Gasteiger partial charge in [0, 0.05) is 47.5 Å². The summed E-state index contributed by atoms with van der Waals surface area (Å²) in [5.74, 6) is 0.0269. The Kier molecular flexibility index (Phi) is 8.57. The van der Waals surface area contributed by atoms with E-state index in [1.54, 1.807) is 12.4 Å². The van der Waals surface area contributed by atoms with Crippen LogP contribution in [0.3, 0.4) is 0 Å². The van der Waals surface area contributed by atoms with Gasteiger partial charge in [-0.05, 0) is 60.4 Å². The van der Waals surface area contributed by atoms with E-state index in [4.69, 9.17) is 27.9 Å². The first-order valence-corrected chi connectivity index (χ1v) is 12.3. The summed E-state index contributed by atoms with van der Waals surface area (Å²) in [6.07, 6.45) is 4.26. The molecule has 1 fully saturated rings. The van der Waals surface area contributed by atoms with Crippen molar-refractivity contribution in [3.05, 3.63) is 99.8 Å². The van der Waals surface area contributed by atoms with Crippen LogP contribution < -0.4 is 5.32 Å². The van der Waals surface area contributed by atoms with Gasteiger partial charge in [-0.2, -0.15) is 0 Å². The van der Waals surface area contributed by atoms with Gasteiger partial charge in [0.2, 0.25) is 5.91 Å². The number of hydrogen-bond donors (Lipinski definition) is 1. The van der Waals surface area contributed by atoms with Crippen LogP contribution in [-0.2, 0) is 16.0 Å². The summed E-state index contributed by atoms with van der Waals surface area (Å²) in [5, 5.41) is 4.71. The van der Waals surface area contributed by atoms with Crippen LogP contribution in [0.1, 0.15) is 35.6 Å². The van der Waals surface area contributed by atoms with Crippen LogP contribution >= 0.6 is 23.2 Å². The van der Waals surface area contributed by atoms with Crippen LogP contribution in [0.25, 0.3) is 0 Å². The van der Waals surface area contributed by atoms with Gasteiger partial charge in [-0.15, -0.1) is 0 Å². The minimum absolute atomic E-state index is 0.0301. The molecule has 34 heavy (non-hydrogen) atoms. The van der Waals surface area contributed by atoms with Gasteiger partial charge in [-0.25, -0.2) is 0 Å². The SMILES string of the molecule is CC(NC(=O)C(c1cccnc1)N1CCOCC1)C(Cc1ccc(Cl)cc1)c1ccc(Cl)cc1. The molecule has 3 aromatic rings. The maximum atomic E-state index is 13.7. The zero-order valence-corrected chi connectivity index (χ0v) is 20.7. The first-order chi connectivity index (χ1) is 16.5. The van der Waals surface area contributed by atoms with E-state index >= 15 is 0 Å². The van der Waals surface area contributed by atoms with Crippen molar-refractivity contribution < 1.29 is 9.53 Å². The molecular weight excluding hydrogens is 469 g/mol. The molecule has 0 radical (unpaired) electrons. The lowest BCUT2D eigenvalue weighted by Crippen LogP contribution is -2.48. The Labute approximate surface area is 211 Å². The van der Waals surface area contributed by atoms with Gasteiger partial charge in [0.15, 0.2) is 0 Å². The van der Waals surface area contributed by atoms with Gasteiger partial charge in [0.1, 0.15) is 6.04 Å². The normalized spacial score (nSPS) is 17.0. The highest BCUT2D eigenvalue weighted by molar-refractivity contribution is 6.30. The third-order valence-corrected chi connectivity index (χ3v) is 6.80. The molecule has 1 amide bonds. The van der Waals surface area contributed by atoms with E-state index in [-0.39, 0.29) is 17.9 Å². The largest absolute Gasteiger partial charge is 0.379 e. The highest BCUT2D eigenvalue weighted by Crippen LogP contribution is 2.28. The van der Waals surface area contributed by atoms with Crippen molar-refractivity contribution in [2.75, 3.05) is 26.3 Å². The van der Waals surface area contributed by atoms with Crippen LogP contribution in [-0.4, -0.2) is 48.1 Å². The summed E-state index contributed by atoms with van der Waals surface area (Å²) >= 11 is 12.2. The van der Waals surface area contributed by atoms with Gasteiger partial charge in [-0.3, -0.25) is 14.7 Å². The number of rotatable bonds is 8. The molecular formula is C27H29Cl2N3O2. The van der Waals surface area contributed by atoms with Crippen LogP contribution in [0.15, 0.2) is 73.1 Å². The lowest BCUT2D eigenvalue weighted by Gasteiger charge is -2.35. The molecule has 1 aliphatic heterocycles. The Morgan fingerprint density at radius 2 is 1.65 bits per heavy atom. The van der Waals surface area contributed by atoms with E-state index in [0.717, 1.165) is 23.1 Å². The minimum Gasteiger partial charge on any atom is -0.379 e. The average molecular weight is 498 g/mol. The molecule has 1 aliphatic rings. The molecule has 4 rings (SSSR count). The molecule has 0 spiro atoms. The predicted octanol–water partition coefficient (Wildman–Crippen LogP) is 5.29. The van der Waals surface area contributed by atoms with Crippen LogP contribution in [0.2, 0.25) is 10.0 Å². The number of carbonyl (C=O) groups excluding carboxylic acids is 1. The second-order valence-electron chi connectivity index (χ2n) is 8.62. The van der Waals surface area contributed by atoms with Crippen LogP contribution in [0.5, 0.6) is 0 Å². The van der Waals surface area contributed by atoms with E-state index in [1.807, 2.05) is 60.7 Å². The lowest BCUT2D eigenvalue weighted by molar-refractivity contribution is -0.129. The average Bonchev–Trinajstić information content (AvgIpc) is 2.86. The van der Waals surface area contributed by atoms with Gasteiger partial charge >= 0.3 is 0 Å². The molecule has 2 heterocycles. The van der Waals surface area contributed by atoms with Gasteiger partial charge < -0.3 is 10.1 Å².